The van der Waals surface area contributed by atoms with Crippen LogP contribution in [0.25, 0.3) is 0 Å². The van der Waals surface area contributed by atoms with Crippen LogP contribution in [0.15, 0.2) is 4.99 Å². The Balaban J connectivity index is 1.90. The van der Waals surface area contributed by atoms with E-state index >= 15 is 0 Å². The van der Waals surface area contributed by atoms with E-state index in [0.717, 1.165) is 6.54 Å². The Morgan fingerprint density at radius 3 is 3.07 bits per heavy atom. The van der Waals surface area contributed by atoms with E-state index in [2.05, 4.69) is 15.6 Å². The third-order valence-corrected chi connectivity index (χ3v) is 2.30. The molecule has 0 aromatic rings. The molecule has 1 saturated heterocycles. The standard InChI is InChI=1S/C8H13N3O3/c12-8(13)5-3-10-7(11-5)6-4-9-1-2-14-6/h5-6,9H,1-4H2,(H,10,11)(H,12,13). The molecule has 6 heteroatoms. The zero-order valence-electron chi connectivity index (χ0n) is 7.69. The van der Waals surface area contributed by atoms with Crippen LogP contribution in [0.4, 0.5) is 0 Å². The summed E-state index contributed by atoms with van der Waals surface area (Å²) in [6, 6.07) is -0.587. The highest BCUT2D eigenvalue weighted by Crippen LogP contribution is 2.04. The lowest BCUT2D eigenvalue weighted by Gasteiger charge is -2.24. The van der Waals surface area contributed by atoms with Gasteiger partial charge in [-0.25, -0.2) is 4.79 Å². The summed E-state index contributed by atoms with van der Waals surface area (Å²) in [6.45, 7) is 2.47. The number of aliphatic imine (C=N–C) groups is 1. The van der Waals surface area contributed by atoms with E-state index in [0.29, 0.717) is 25.5 Å². The molecule has 14 heavy (non-hydrogen) atoms. The van der Waals surface area contributed by atoms with Crippen LogP contribution in [0.3, 0.4) is 0 Å². The van der Waals surface area contributed by atoms with Crippen molar-refractivity contribution in [3.8, 4) is 0 Å². The van der Waals surface area contributed by atoms with Gasteiger partial charge in [0, 0.05) is 13.1 Å². The molecule has 0 aromatic heterocycles. The number of ether oxygens (including phenoxy) is 1. The number of morpholine rings is 1. The van der Waals surface area contributed by atoms with E-state index in [1.54, 1.807) is 0 Å². The van der Waals surface area contributed by atoms with Gasteiger partial charge >= 0.3 is 5.97 Å². The van der Waals surface area contributed by atoms with Gasteiger partial charge in [-0.3, -0.25) is 4.99 Å². The monoisotopic (exact) mass is 199 g/mol. The van der Waals surface area contributed by atoms with E-state index in [4.69, 9.17) is 9.84 Å². The highest BCUT2D eigenvalue weighted by atomic mass is 16.5. The molecule has 0 aliphatic carbocycles. The number of nitrogens with zero attached hydrogens (tertiary/aromatic N) is 1. The van der Waals surface area contributed by atoms with E-state index < -0.39 is 12.0 Å². The lowest BCUT2D eigenvalue weighted by molar-refractivity contribution is -0.138. The number of amidine groups is 1. The van der Waals surface area contributed by atoms with Crippen molar-refractivity contribution >= 4 is 11.8 Å². The summed E-state index contributed by atoms with van der Waals surface area (Å²) >= 11 is 0. The summed E-state index contributed by atoms with van der Waals surface area (Å²) in [5.41, 5.74) is 0. The minimum atomic E-state index is -0.868. The van der Waals surface area contributed by atoms with Gasteiger partial charge in [0.05, 0.1) is 13.2 Å². The largest absolute Gasteiger partial charge is 0.480 e. The van der Waals surface area contributed by atoms with Crippen LogP contribution in [0.1, 0.15) is 0 Å². The van der Waals surface area contributed by atoms with Crippen molar-refractivity contribution in [3.63, 3.8) is 0 Å². The molecule has 0 saturated carbocycles. The molecule has 2 aliphatic rings. The summed E-state index contributed by atoms with van der Waals surface area (Å²) < 4.78 is 5.44. The number of carboxylic acids is 1. The maximum absolute atomic E-state index is 10.6. The fraction of sp³-hybridized carbons (Fsp3) is 0.750. The van der Waals surface area contributed by atoms with Gasteiger partial charge in [0.25, 0.3) is 0 Å². The molecule has 0 amide bonds. The number of rotatable bonds is 2. The number of hydrogen-bond acceptors (Lipinski definition) is 5. The van der Waals surface area contributed by atoms with Gasteiger partial charge in [-0.15, -0.1) is 0 Å². The molecule has 6 nitrogen and oxygen atoms in total. The molecule has 2 aliphatic heterocycles. The number of nitrogens with one attached hydrogen (secondary N) is 2. The topological polar surface area (TPSA) is 83.0 Å². The molecule has 0 aromatic carbocycles. The maximum Gasteiger partial charge on any atom is 0.328 e. The molecular formula is C8H13N3O3. The Labute approximate surface area is 81.3 Å². The van der Waals surface area contributed by atoms with Crippen LogP contribution in [0, 0.1) is 0 Å². The fourth-order valence-corrected chi connectivity index (χ4v) is 1.54. The smallest absolute Gasteiger partial charge is 0.328 e. The second kappa shape index (κ2) is 3.93. The molecule has 2 atom stereocenters. The number of hydrogen-bond donors (Lipinski definition) is 3. The van der Waals surface area contributed by atoms with Crippen molar-refractivity contribution in [2.24, 2.45) is 4.99 Å². The Bertz CT molecular complexity index is 261. The van der Waals surface area contributed by atoms with Crippen molar-refractivity contribution in [1.82, 2.24) is 10.6 Å². The molecule has 78 valence electrons. The molecule has 2 heterocycles. The molecule has 0 spiro atoms. The summed E-state index contributed by atoms with van der Waals surface area (Å²) in [6.07, 6.45) is -0.118. The van der Waals surface area contributed by atoms with Gasteiger partial charge < -0.3 is 20.5 Å². The van der Waals surface area contributed by atoms with Gasteiger partial charge in [0.15, 0.2) is 0 Å². The molecule has 2 rings (SSSR count). The zero-order chi connectivity index (χ0) is 9.97. The quantitative estimate of drug-likeness (QED) is 0.500. The van der Waals surface area contributed by atoms with E-state index in [9.17, 15) is 4.79 Å². The fourth-order valence-electron chi connectivity index (χ4n) is 1.54. The average molecular weight is 199 g/mol. The third-order valence-electron chi connectivity index (χ3n) is 2.30. The zero-order valence-corrected chi connectivity index (χ0v) is 7.69. The summed E-state index contributed by atoms with van der Waals surface area (Å²) in [5, 5.41) is 14.7. The first-order chi connectivity index (χ1) is 6.77. The van der Waals surface area contributed by atoms with Crippen molar-refractivity contribution in [2.75, 3.05) is 26.2 Å². The summed E-state index contributed by atoms with van der Waals surface area (Å²) in [7, 11) is 0. The highest BCUT2D eigenvalue weighted by molar-refractivity contribution is 5.93. The predicted molar refractivity (Wildman–Crippen MR) is 49.5 cm³/mol. The average Bonchev–Trinajstić information content (AvgIpc) is 2.68. The van der Waals surface area contributed by atoms with Crippen LogP contribution in [-0.2, 0) is 9.53 Å². The molecule has 1 fully saturated rings. The van der Waals surface area contributed by atoms with E-state index in [-0.39, 0.29) is 6.10 Å². The van der Waals surface area contributed by atoms with Crippen LogP contribution in [-0.4, -0.2) is 55.3 Å². The molecule has 2 unspecified atom stereocenters. The lowest BCUT2D eigenvalue weighted by atomic mass is 10.2. The second-order valence-electron chi connectivity index (χ2n) is 3.32. The first-order valence-corrected chi connectivity index (χ1v) is 4.63. The minimum Gasteiger partial charge on any atom is -0.480 e. The van der Waals surface area contributed by atoms with Gasteiger partial charge in [-0.1, -0.05) is 0 Å². The molecule has 0 radical (unpaired) electrons. The predicted octanol–water partition coefficient (Wildman–Crippen LogP) is -1.57. The Morgan fingerprint density at radius 2 is 2.50 bits per heavy atom. The van der Waals surface area contributed by atoms with Gasteiger partial charge in [0.2, 0.25) is 0 Å². The van der Waals surface area contributed by atoms with Gasteiger partial charge in [-0.2, -0.15) is 0 Å². The molecule has 0 bridgehead atoms. The summed E-state index contributed by atoms with van der Waals surface area (Å²) in [5.74, 6) is -0.211. The van der Waals surface area contributed by atoms with Crippen LogP contribution < -0.4 is 10.6 Å². The van der Waals surface area contributed by atoms with Crippen molar-refractivity contribution in [1.29, 1.82) is 0 Å². The van der Waals surface area contributed by atoms with E-state index in [1.807, 2.05) is 0 Å². The lowest BCUT2D eigenvalue weighted by Crippen LogP contribution is -2.49. The van der Waals surface area contributed by atoms with Crippen LogP contribution in [0.5, 0.6) is 0 Å². The Hall–Kier alpha value is -1.14. The number of aliphatic carboxylic acids is 1. The first-order valence-electron chi connectivity index (χ1n) is 4.63. The van der Waals surface area contributed by atoms with E-state index in [1.165, 1.54) is 0 Å². The van der Waals surface area contributed by atoms with Gasteiger partial charge in [-0.05, 0) is 0 Å². The summed E-state index contributed by atoms with van der Waals surface area (Å²) in [4.78, 5) is 14.8. The molecular weight excluding hydrogens is 186 g/mol. The SMILES string of the molecule is O=C(O)C1CN=C(C2CNCCO2)N1. The van der Waals surface area contributed by atoms with Gasteiger partial charge in [0.1, 0.15) is 18.0 Å². The first kappa shape index (κ1) is 9.42. The highest BCUT2D eigenvalue weighted by Gasteiger charge is 2.29. The Kier molecular flexibility index (Phi) is 2.64. The third kappa shape index (κ3) is 1.85. The minimum absolute atomic E-state index is 0.118. The second-order valence-corrected chi connectivity index (χ2v) is 3.32. The number of carboxylic acid groups (broad SMARTS) is 1. The number of carbonyl (C=O) groups is 1. The van der Waals surface area contributed by atoms with Crippen molar-refractivity contribution in [3.05, 3.63) is 0 Å². The van der Waals surface area contributed by atoms with Crippen LogP contribution in [0.2, 0.25) is 0 Å². The normalized spacial score (nSPS) is 32.1. The maximum atomic E-state index is 10.6. The Morgan fingerprint density at radius 1 is 1.64 bits per heavy atom. The van der Waals surface area contributed by atoms with Crippen LogP contribution >= 0.6 is 0 Å². The van der Waals surface area contributed by atoms with Crippen molar-refractivity contribution < 1.29 is 14.6 Å². The molecule has 3 N–H and O–H groups in total. The van der Waals surface area contributed by atoms with Crippen molar-refractivity contribution in [2.45, 2.75) is 12.1 Å².